The quantitative estimate of drug-likeness (QED) is 0.242. The highest BCUT2D eigenvalue weighted by Crippen LogP contribution is 2.35. The van der Waals surface area contributed by atoms with Gasteiger partial charge in [-0.1, -0.05) is 61.7 Å². The molecule has 1 rings (SSSR count). The van der Waals surface area contributed by atoms with Gasteiger partial charge < -0.3 is 9.84 Å². The molecule has 1 atom stereocenters. The fourth-order valence-corrected chi connectivity index (χ4v) is 2.97. The lowest BCUT2D eigenvalue weighted by Crippen LogP contribution is -2.27. The first-order valence-electron chi connectivity index (χ1n) is 9.19. The molecule has 0 heterocycles. The highest BCUT2D eigenvalue weighted by molar-refractivity contribution is 6.46. The summed E-state index contributed by atoms with van der Waals surface area (Å²) in [4.78, 5) is 23.2. The number of halogens is 1. The molecule has 0 aromatic heterocycles. The third kappa shape index (κ3) is 7.30. The van der Waals surface area contributed by atoms with Gasteiger partial charge in [-0.05, 0) is 31.8 Å². The molecule has 1 aliphatic rings. The first-order valence-corrected chi connectivity index (χ1v) is 9.57. The van der Waals surface area contributed by atoms with Gasteiger partial charge >= 0.3 is 5.97 Å². The predicted molar refractivity (Wildman–Crippen MR) is 105 cm³/mol. The van der Waals surface area contributed by atoms with Crippen LogP contribution >= 0.6 is 11.6 Å². The summed E-state index contributed by atoms with van der Waals surface area (Å²) in [7, 11) is 1.37. The van der Waals surface area contributed by atoms with Gasteiger partial charge in [0.15, 0.2) is 0 Å². The molecule has 0 amide bonds. The molecular weight excluding hydrogens is 352 g/mol. The Hall–Kier alpha value is -1.65. The first-order chi connectivity index (χ1) is 12.4. The summed E-state index contributed by atoms with van der Waals surface area (Å²) in [6.45, 7) is 2.16. The molecular formula is C21H29ClO4. The fourth-order valence-electron chi connectivity index (χ4n) is 2.69. The van der Waals surface area contributed by atoms with Gasteiger partial charge in [-0.25, -0.2) is 0 Å². The van der Waals surface area contributed by atoms with Crippen LogP contribution in [0.2, 0.25) is 0 Å². The molecule has 26 heavy (non-hydrogen) atoms. The van der Waals surface area contributed by atoms with Gasteiger partial charge in [-0.15, -0.1) is 0 Å². The van der Waals surface area contributed by atoms with Crippen molar-refractivity contribution in [3.63, 3.8) is 0 Å². The summed E-state index contributed by atoms with van der Waals surface area (Å²) in [5.74, 6) is -0.577. The Labute approximate surface area is 161 Å². The van der Waals surface area contributed by atoms with Crippen molar-refractivity contribution in [1.29, 1.82) is 0 Å². The van der Waals surface area contributed by atoms with Gasteiger partial charge in [0, 0.05) is 18.4 Å². The topological polar surface area (TPSA) is 63.6 Å². The molecule has 0 saturated heterocycles. The van der Waals surface area contributed by atoms with Crippen molar-refractivity contribution in [2.24, 2.45) is 0 Å². The third-order valence-corrected chi connectivity index (χ3v) is 4.52. The number of esters is 1. The lowest BCUT2D eigenvalue weighted by molar-refractivity contribution is -0.140. The molecule has 5 heteroatoms. The van der Waals surface area contributed by atoms with E-state index >= 15 is 0 Å². The molecule has 1 aliphatic carbocycles. The van der Waals surface area contributed by atoms with Crippen molar-refractivity contribution < 1.29 is 19.4 Å². The van der Waals surface area contributed by atoms with Crippen LogP contribution in [-0.2, 0) is 14.3 Å². The van der Waals surface area contributed by atoms with E-state index in [9.17, 15) is 14.7 Å². The minimum absolute atomic E-state index is 0.0530. The number of carbonyl (C=O) groups is 2. The maximum absolute atomic E-state index is 12.2. The SMILES string of the molecule is CCCCC/C=C\CC1(O)C=C(Cl)C(=O)/C1=C/C=C/CCCC(=O)OC. The molecule has 1 unspecified atom stereocenters. The van der Waals surface area contributed by atoms with E-state index in [4.69, 9.17) is 11.6 Å². The number of methoxy groups -OCH3 is 1. The third-order valence-electron chi connectivity index (χ3n) is 4.24. The largest absolute Gasteiger partial charge is 0.469 e. The molecule has 0 aromatic carbocycles. The number of rotatable bonds is 11. The summed E-state index contributed by atoms with van der Waals surface area (Å²) in [5.41, 5.74) is -1.07. The highest BCUT2D eigenvalue weighted by atomic mass is 35.5. The standard InChI is InChI=1S/C21H29ClO4/c1-3-4-5-6-9-12-15-21(25)16-18(22)20(24)17(21)13-10-7-8-11-14-19(23)26-2/h7,9-10,12-13,16,25H,3-6,8,11,14-15H2,1-2H3/b10-7+,12-9-,17-13-. The summed E-state index contributed by atoms with van der Waals surface area (Å²) in [6.07, 6.45) is 17.0. The summed E-state index contributed by atoms with van der Waals surface area (Å²) in [5, 5.41) is 10.9. The molecule has 144 valence electrons. The second kappa shape index (κ2) is 11.9. The number of hydrogen-bond donors (Lipinski definition) is 1. The van der Waals surface area contributed by atoms with Crippen molar-refractivity contribution in [1.82, 2.24) is 0 Å². The average molecular weight is 381 g/mol. The van der Waals surface area contributed by atoms with E-state index in [1.807, 2.05) is 18.2 Å². The van der Waals surface area contributed by atoms with E-state index < -0.39 is 5.60 Å². The van der Waals surface area contributed by atoms with Gasteiger partial charge in [0.05, 0.1) is 12.1 Å². The summed E-state index contributed by atoms with van der Waals surface area (Å²) in [6, 6.07) is 0. The van der Waals surface area contributed by atoms with Crippen LogP contribution in [0.15, 0.2) is 47.1 Å². The van der Waals surface area contributed by atoms with E-state index in [1.54, 1.807) is 12.2 Å². The Morgan fingerprint density at radius 3 is 2.65 bits per heavy atom. The zero-order chi connectivity index (χ0) is 19.4. The van der Waals surface area contributed by atoms with Crippen molar-refractivity contribution in [2.75, 3.05) is 7.11 Å². The van der Waals surface area contributed by atoms with Gasteiger partial charge in [0.1, 0.15) is 5.60 Å². The minimum atomic E-state index is -1.36. The van der Waals surface area contributed by atoms with Crippen LogP contribution in [0.3, 0.4) is 0 Å². The van der Waals surface area contributed by atoms with Crippen LogP contribution in [0.4, 0.5) is 0 Å². The van der Waals surface area contributed by atoms with E-state index in [1.165, 1.54) is 26.0 Å². The van der Waals surface area contributed by atoms with E-state index in [-0.39, 0.29) is 22.4 Å². The molecule has 0 aliphatic heterocycles. The number of carbonyl (C=O) groups excluding carboxylic acids is 2. The maximum atomic E-state index is 12.2. The van der Waals surface area contributed by atoms with Crippen LogP contribution in [0.1, 0.15) is 58.3 Å². The zero-order valence-corrected chi connectivity index (χ0v) is 16.4. The van der Waals surface area contributed by atoms with Gasteiger partial charge in [-0.3, -0.25) is 9.59 Å². The van der Waals surface area contributed by atoms with Gasteiger partial charge in [0.25, 0.3) is 0 Å². The van der Waals surface area contributed by atoms with E-state index in [0.29, 0.717) is 25.7 Å². The number of ether oxygens (including phenoxy) is 1. The highest BCUT2D eigenvalue weighted by Gasteiger charge is 2.40. The van der Waals surface area contributed by atoms with E-state index in [2.05, 4.69) is 11.7 Å². The molecule has 4 nitrogen and oxygen atoms in total. The predicted octanol–water partition coefficient (Wildman–Crippen LogP) is 4.78. The van der Waals surface area contributed by atoms with E-state index in [0.717, 1.165) is 12.8 Å². The maximum Gasteiger partial charge on any atom is 0.305 e. The number of hydrogen-bond acceptors (Lipinski definition) is 4. The van der Waals surface area contributed by atoms with Crippen molar-refractivity contribution in [2.45, 2.75) is 63.9 Å². The molecule has 0 radical (unpaired) electrons. The Balaban J connectivity index is 2.62. The minimum Gasteiger partial charge on any atom is -0.469 e. The Morgan fingerprint density at radius 2 is 1.96 bits per heavy atom. The normalized spacial score (nSPS) is 21.9. The fraction of sp³-hybridized carbons (Fsp3) is 0.524. The number of unbranched alkanes of at least 4 members (excludes halogenated alkanes) is 4. The van der Waals surface area contributed by atoms with Crippen molar-refractivity contribution in [3.05, 3.63) is 47.1 Å². The molecule has 1 N–H and O–H groups in total. The molecule has 0 aromatic rings. The van der Waals surface area contributed by atoms with Crippen molar-refractivity contribution >= 4 is 23.4 Å². The van der Waals surface area contributed by atoms with Crippen LogP contribution < -0.4 is 0 Å². The summed E-state index contributed by atoms with van der Waals surface area (Å²) < 4.78 is 4.58. The van der Waals surface area contributed by atoms with Crippen LogP contribution in [-0.4, -0.2) is 29.6 Å². The smallest absolute Gasteiger partial charge is 0.305 e. The monoisotopic (exact) mass is 380 g/mol. The number of ketones is 1. The lowest BCUT2D eigenvalue weighted by atomic mass is 9.92. The Kier molecular flexibility index (Phi) is 10.2. The molecule has 0 saturated carbocycles. The second-order valence-electron chi connectivity index (χ2n) is 6.39. The van der Waals surface area contributed by atoms with Crippen molar-refractivity contribution in [3.8, 4) is 0 Å². The molecule has 0 bridgehead atoms. The van der Waals surface area contributed by atoms with Crippen LogP contribution in [0, 0.1) is 0 Å². The lowest BCUT2D eigenvalue weighted by Gasteiger charge is -2.20. The Bertz CT molecular complexity index is 601. The first kappa shape index (κ1) is 22.4. The number of Topliss-reactive ketones (excluding diaryl/α,β-unsaturated/α-hetero) is 1. The Morgan fingerprint density at radius 1 is 1.23 bits per heavy atom. The number of allylic oxidation sites excluding steroid dienone is 5. The second-order valence-corrected chi connectivity index (χ2v) is 6.80. The van der Waals surface area contributed by atoms with Gasteiger partial charge in [0.2, 0.25) is 5.78 Å². The zero-order valence-electron chi connectivity index (χ0n) is 15.7. The number of aliphatic hydroxyl groups is 1. The van der Waals surface area contributed by atoms with Gasteiger partial charge in [-0.2, -0.15) is 0 Å². The molecule has 0 spiro atoms. The van der Waals surface area contributed by atoms with Crippen LogP contribution in [0.25, 0.3) is 0 Å². The molecule has 0 fully saturated rings. The average Bonchev–Trinajstić information content (AvgIpc) is 2.83. The van der Waals surface area contributed by atoms with Crippen LogP contribution in [0.5, 0.6) is 0 Å². The summed E-state index contributed by atoms with van der Waals surface area (Å²) >= 11 is 5.95.